The molecule has 0 aliphatic heterocycles. The van der Waals surface area contributed by atoms with Crippen LogP contribution in [0.4, 0.5) is 4.39 Å². The van der Waals surface area contributed by atoms with Gasteiger partial charge in [-0.25, -0.2) is 19.4 Å². The molecule has 1 aromatic carbocycles. The number of hydrogen-bond acceptors (Lipinski definition) is 5. The Labute approximate surface area is 167 Å². The standard InChI is InChI=1S/C20H22FN5OS/c1-3-22-20(26-13-19-24-11-14(2)28-19)25-12-15-8-9-23-18(10-15)27-17-6-4-16(21)5-7-17/h4-11H,3,12-13H2,1-2H3,(H2,22,25,26). The predicted octanol–water partition coefficient (Wildman–Crippen LogP) is 4.03. The Morgan fingerprint density at radius 3 is 2.71 bits per heavy atom. The van der Waals surface area contributed by atoms with Crippen LogP contribution in [0.25, 0.3) is 0 Å². The van der Waals surface area contributed by atoms with Gasteiger partial charge in [0.15, 0.2) is 5.96 Å². The molecule has 2 aromatic heterocycles. The van der Waals surface area contributed by atoms with Crippen molar-refractivity contribution in [2.75, 3.05) is 6.54 Å². The molecular weight excluding hydrogens is 377 g/mol. The summed E-state index contributed by atoms with van der Waals surface area (Å²) in [5, 5.41) is 7.52. The Balaban J connectivity index is 1.62. The molecule has 0 amide bonds. The maximum Gasteiger partial charge on any atom is 0.219 e. The quantitative estimate of drug-likeness (QED) is 0.464. The van der Waals surface area contributed by atoms with Crippen LogP contribution in [-0.4, -0.2) is 22.5 Å². The molecule has 0 bridgehead atoms. The van der Waals surface area contributed by atoms with Crippen LogP contribution in [0, 0.1) is 12.7 Å². The highest BCUT2D eigenvalue weighted by Crippen LogP contribution is 2.20. The van der Waals surface area contributed by atoms with Gasteiger partial charge < -0.3 is 15.4 Å². The van der Waals surface area contributed by atoms with Crippen LogP contribution >= 0.6 is 11.3 Å². The van der Waals surface area contributed by atoms with Gasteiger partial charge in [0.25, 0.3) is 0 Å². The predicted molar refractivity (Wildman–Crippen MR) is 109 cm³/mol. The van der Waals surface area contributed by atoms with Crippen molar-refractivity contribution >= 4 is 17.3 Å². The summed E-state index contributed by atoms with van der Waals surface area (Å²) in [6.07, 6.45) is 3.54. The Morgan fingerprint density at radius 1 is 1.18 bits per heavy atom. The molecule has 8 heteroatoms. The van der Waals surface area contributed by atoms with Gasteiger partial charge in [-0.2, -0.15) is 0 Å². The Bertz CT molecular complexity index is 926. The number of nitrogens with zero attached hydrogens (tertiary/aromatic N) is 3. The van der Waals surface area contributed by atoms with Crippen LogP contribution in [0.15, 0.2) is 53.8 Å². The van der Waals surface area contributed by atoms with E-state index in [1.807, 2.05) is 32.2 Å². The second-order valence-corrected chi connectivity index (χ2v) is 7.29. The molecule has 28 heavy (non-hydrogen) atoms. The fourth-order valence-electron chi connectivity index (χ4n) is 2.38. The third kappa shape index (κ3) is 6.02. The van der Waals surface area contributed by atoms with Crippen molar-refractivity contribution in [1.29, 1.82) is 0 Å². The lowest BCUT2D eigenvalue weighted by atomic mass is 10.2. The van der Waals surface area contributed by atoms with Crippen LogP contribution in [0.2, 0.25) is 0 Å². The Kier molecular flexibility index (Phi) is 6.91. The molecule has 2 heterocycles. The number of aryl methyl sites for hydroxylation is 1. The average Bonchev–Trinajstić information content (AvgIpc) is 3.11. The molecule has 3 rings (SSSR count). The van der Waals surface area contributed by atoms with E-state index in [4.69, 9.17) is 4.74 Å². The second-order valence-electron chi connectivity index (χ2n) is 5.97. The zero-order valence-corrected chi connectivity index (χ0v) is 16.6. The van der Waals surface area contributed by atoms with E-state index in [2.05, 4.69) is 25.6 Å². The van der Waals surface area contributed by atoms with Crippen molar-refractivity contribution in [3.8, 4) is 11.6 Å². The minimum Gasteiger partial charge on any atom is -0.439 e. The number of ether oxygens (including phenoxy) is 1. The molecule has 0 radical (unpaired) electrons. The van der Waals surface area contributed by atoms with Crippen LogP contribution in [-0.2, 0) is 13.1 Å². The first-order valence-corrected chi connectivity index (χ1v) is 9.76. The number of aromatic nitrogens is 2. The molecular formula is C20H22FN5OS. The summed E-state index contributed by atoms with van der Waals surface area (Å²) >= 11 is 1.66. The summed E-state index contributed by atoms with van der Waals surface area (Å²) in [7, 11) is 0. The second kappa shape index (κ2) is 9.80. The van der Waals surface area contributed by atoms with E-state index in [0.717, 1.165) is 17.1 Å². The van der Waals surface area contributed by atoms with E-state index in [0.29, 0.717) is 30.7 Å². The molecule has 6 nitrogen and oxygen atoms in total. The molecule has 2 N–H and O–H groups in total. The van der Waals surface area contributed by atoms with E-state index < -0.39 is 0 Å². The first kappa shape index (κ1) is 19.8. The molecule has 0 unspecified atom stereocenters. The first-order chi connectivity index (χ1) is 13.6. The summed E-state index contributed by atoms with van der Waals surface area (Å²) in [6, 6.07) is 9.53. The fraction of sp³-hybridized carbons (Fsp3) is 0.250. The van der Waals surface area contributed by atoms with E-state index in [1.165, 1.54) is 17.0 Å². The van der Waals surface area contributed by atoms with E-state index >= 15 is 0 Å². The number of benzene rings is 1. The topological polar surface area (TPSA) is 71.4 Å². The van der Waals surface area contributed by atoms with Gasteiger partial charge in [0.2, 0.25) is 5.88 Å². The summed E-state index contributed by atoms with van der Waals surface area (Å²) in [6.45, 7) is 5.91. The molecule has 0 spiro atoms. The maximum absolute atomic E-state index is 13.0. The van der Waals surface area contributed by atoms with Gasteiger partial charge in [-0.1, -0.05) is 0 Å². The molecule has 0 aliphatic carbocycles. The summed E-state index contributed by atoms with van der Waals surface area (Å²) in [5.41, 5.74) is 0.953. The van der Waals surface area contributed by atoms with Gasteiger partial charge in [-0.15, -0.1) is 11.3 Å². The summed E-state index contributed by atoms with van der Waals surface area (Å²) < 4.78 is 18.7. The first-order valence-electron chi connectivity index (χ1n) is 8.94. The smallest absolute Gasteiger partial charge is 0.219 e. The third-order valence-corrected chi connectivity index (χ3v) is 4.59. The van der Waals surface area contributed by atoms with Crippen molar-refractivity contribution in [2.24, 2.45) is 4.99 Å². The van der Waals surface area contributed by atoms with Crippen molar-refractivity contribution < 1.29 is 9.13 Å². The number of rotatable bonds is 7. The minimum atomic E-state index is -0.306. The van der Waals surface area contributed by atoms with Gasteiger partial charge in [0, 0.05) is 29.9 Å². The number of guanidine groups is 1. The number of thiazole rings is 1. The van der Waals surface area contributed by atoms with Gasteiger partial charge in [0.05, 0.1) is 13.1 Å². The van der Waals surface area contributed by atoms with Crippen molar-refractivity contribution in [2.45, 2.75) is 26.9 Å². The summed E-state index contributed by atoms with van der Waals surface area (Å²) in [5.74, 6) is 1.38. The highest BCUT2D eigenvalue weighted by Gasteiger charge is 2.04. The van der Waals surface area contributed by atoms with Crippen LogP contribution < -0.4 is 15.4 Å². The van der Waals surface area contributed by atoms with Gasteiger partial charge in [-0.3, -0.25) is 0 Å². The molecule has 3 aromatic rings. The molecule has 146 valence electrons. The Morgan fingerprint density at radius 2 is 2.00 bits per heavy atom. The molecule has 0 saturated carbocycles. The minimum absolute atomic E-state index is 0.306. The van der Waals surface area contributed by atoms with Gasteiger partial charge >= 0.3 is 0 Å². The van der Waals surface area contributed by atoms with Crippen LogP contribution in [0.1, 0.15) is 22.4 Å². The Hall–Kier alpha value is -3.00. The van der Waals surface area contributed by atoms with Crippen LogP contribution in [0.5, 0.6) is 11.6 Å². The van der Waals surface area contributed by atoms with Crippen molar-refractivity contribution in [3.05, 3.63) is 70.1 Å². The lowest BCUT2D eigenvalue weighted by molar-refractivity contribution is 0.460. The largest absolute Gasteiger partial charge is 0.439 e. The van der Waals surface area contributed by atoms with Crippen molar-refractivity contribution in [1.82, 2.24) is 20.6 Å². The number of nitrogens with one attached hydrogen (secondary N) is 2. The van der Waals surface area contributed by atoms with Gasteiger partial charge in [-0.05, 0) is 49.7 Å². The normalized spacial score (nSPS) is 11.3. The van der Waals surface area contributed by atoms with Crippen molar-refractivity contribution in [3.63, 3.8) is 0 Å². The third-order valence-electron chi connectivity index (χ3n) is 3.68. The number of pyridine rings is 1. The maximum atomic E-state index is 13.0. The van der Waals surface area contributed by atoms with E-state index in [9.17, 15) is 4.39 Å². The zero-order chi connectivity index (χ0) is 19.8. The lowest BCUT2D eigenvalue weighted by Crippen LogP contribution is -2.36. The SMILES string of the molecule is CCNC(=NCc1ccnc(Oc2ccc(F)cc2)c1)NCc1ncc(C)s1. The van der Waals surface area contributed by atoms with Gasteiger partial charge in [0.1, 0.15) is 16.6 Å². The number of halogens is 1. The highest BCUT2D eigenvalue weighted by atomic mass is 32.1. The molecule has 0 atom stereocenters. The fourth-order valence-corrected chi connectivity index (χ4v) is 3.11. The molecule has 0 fully saturated rings. The number of aliphatic imine (C=N–C) groups is 1. The summed E-state index contributed by atoms with van der Waals surface area (Å²) in [4.78, 5) is 14.3. The average molecular weight is 399 g/mol. The number of hydrogen-bond donors (Lipinski definition) is 2. The molecule has 0 aliphatic rings. The van der Waals surface area contributed by atoms with E-state index in [1.54, 1.807) is 29.7 Å². The lowest BCUT2D eigenvalue weighted by Gasteiger charge is -2.10. The molecule has 0 saturated heterocycles. The zero-order valence-electron chi connectivity index (χ0n) is 15.8. The highest BCUT2D eigenvalue weighted by molar-refractivity contribution is 7.11. The monoisotopic (exact) mass is 399 g/mol. The van der Waals surface area contributed by atoms with Crippen LogP contribution in [0.3, 0.4) is 0 Å². The van der Waals surface area contributed by atoms with E-state index in [-0.39, 0.29) is 5.82 Å².